The summed E-state index contributed by atoms with van der Waals surface area (Å²) in [5.74, 6) is 1.58. The summed E-state index contributed by atoms with van der Waals surface area (Å²) in [6.07, 6.45) is 2.74. The smallest absolute Gasteiger partial charge is 0.0760 e. The summed E-state index contributed by atoms with van der Waals surface area (Å²) in [6.45, 7) is 17.9. The van der Waals surface area contributed by atoms with Crippen molar-refractivity contribution in [2.75, 3.05) is 26.2 Å². The van der Waals surface area contributed by atoms with Crippen LogP contribution in [0.4, 0.5) is 0 Å². The van der Waals surface area contributed by atoms with Crippen LogP contribution in [0.2, 0.25) is 0 Å². The Kier molecular flexibility index (Phi) is 4.83. The van der Waals surface area contributed by atoms with E-state index in [1.165, 1.54) is 19.4 Å². The van der Waals surface area contributed by atoms with E-state index in [2.05, 4.69) is 51.8 Å². The molecule has 1 saturated carbocycles. The topological polar surface area (TPSA) is 24.5 Å². The molecule has 0 aromatic rings. The molecule has 2 atom stereocenters. The predicted octanol–water partition coefficient (Wildman–Crippen LogP) is 2.90. The number of nitrogens with zero attached hydrogens (tertiary/aromatic N) is 1. The Bertz CT molecular complexity index is 309. The Morgan fingerprint density at radius 1 is 1.10 bits per heavy atom. The summed E-state index contributed by atoms with van der Waals surface area (Å²) in [4.78, 5) is 2.69. The molecule has 118 valence electrons. The molecule has 0 amide bonds. The Morgan fingerprint density at radius 2 is 1.70 bits per heavy atom. The Balaban J connectivity index is 1.87. The predicted molar refractivity (Wildman–Crippen MR) is 85.0 cm³/mol. The first-order valence-electron chi connectivity index (χ1n) is 8.33. The molecule has 2 unspecified atom stereocenters. The van der Waals surface area contributed by atoms with Crippen molar-refractivity contribution in [2.24, 2.45) is 11.8 Å². The third kappa shape index (κ3) is 4.19. The van der Waals surface area contributed by atoms with Crippen LogP contribution in [0, 0.1) is 11.8 Å². The summed E-state index contributed by atoms with van der Waals surface area (Å²) in [5.41, 5.74) is -0.0412. The minimum absolute atomic E-state index is 0.0206. The number of morpholine rings is 1. The Morgan fingerprint density at radius 3 is 2.15 bits per heavy atom. The van der Waals surface area contributed by atoms with Crippen LogP contribution >= 0.6 is 0 Å². The van der Waals surface area contributed by atoms with Crippen molar-refractivity contribution in [1.29, 1.82) is 0 Å². The number of nitrogens with one attached hydrogen (secondary N) is 1. The van der Waals surface area contributed by atoms with E-state index >= 15 is 0 Å². The van der Waals surface area contributed by atoms with Gasteiger partial charge in [0.05, 0.1) is 11.2 Å². The number of hydrogen-bond donors (Lipinski definition) is 1. The second kappa shape index (κ2) is 5.94. The van der Waals surface area contributed by atoms with Crippen molar-refractivity contribution in [3.8, 4) is 0 Å². The lowest BCUT2D eigenvalue weighted by Gasteiger charge is -2.54. The van der Waals surface area contributed by atoms with Gasteiger partial charge in [-0.1, -0.05) is 13.8 Å². The van der Waals surface area contributed by atoms with E-state index in [1.54, 1.807) is 0 Å². The van der Waals surface area contributed by atoms with Crippen molar-refractivity contribution in [2.45, 2.75) is 71.6 Å². The molecular weight excluding hydrogens is 248 g/mol. The molecule has 20 heavy (non-hydrogen) atoms. The van der Waals surface area contributed by atoms with Gasteiger partial charge in [0, 0.05) is 19.1 Å². The van der Waals surface area contributed by atoms with Crippen molar-refractivity contribution in [3.63, 3.8) is 0 Å². The first-order valence-corrected chi connectivity index (χ1v) is 8.33. The normalized spacial score (nSPS) is 33.1. The zero-order valence-electron chi connectivity index (χ0n) is 14.3. The third-order valence-electron chi connectivity index (χ3n) is 4.53. The van der Waals surface area contributed by atoms with Gasteiger partial charge in [0.1, 0.15) is 0 Å². The van der Waals surface area contributed by atoms with E-state index in [1.807, 2.05) is 0 Å². The lowest BCUT2D eigenvalue weighted by molar-refractivity contribution is -0.197. The van der Waals surface area contributed by atoms with E-state index in [4.69, 9.17) is 4.74 Å². The highest BCUT2D eigenvalue weighted by atomic mass is 16.5. The van der Waals surface area contributed by atoms with Crippen LogP contribution in [-0.4, -0.2) is 48.3 Å². The molecular formula is C17H34N2O. The van der Waals surface area contributed by atoms with Gasteiger partial charge in [-0.05, 0) is 65.5 Å². The van der Waals surface area contributed by atoms with Gasteiger partial charge in [-0.3, -0.25) is 4.90 Å². The van der Waals surface area contributed by atoms with Gasteiger partial charge in [0.15, 0.2) is 0 Å². The zero-order valence-corrected chi connectivity index (χ0v) is 14.3. The van der Waals surface area contributed by atoms with Gasteiger partial charge in [-0.15, -0.1) is 0 Å². The highest BCUT2D eigenvalue weighted by Crippen LogP contribution is 2.37. The molecule has 1 heterocycles. The number of hydrogen-bond acceptors (Lipinski definition) is 3. The summed E-state index contributed by atoms with van der Waals surface area (Å²) in [5, 5.41) is 3.64. The summed E-state index contributed by atoms with van der Waals surface area (Å²) in [6, 6.07) is 0.761. The molecule has 0 bridgehead atoms. The first-order chi connectivity index (χ1) is 9.19. The van der Waals surface area contributed by atoms with E-state index in [-0.39, 0.29) is 11.2 Å². The highest BCUT2D eigenvalue weighted by Gasteiger charge is 2.44. The van der Waals surface area contributed by atoms with Crippen LogP contribution < -0.4 is 5.32 Å². The molecule has 2 rings (SSSR count). The molecule has 2 aliphatic rings. The molecule has 1 saturated heterocycles. The van der Waals surface area contributed by atoms with Crippen molar-refractivity contribution in [3.05, 3.63) is 0 Å². The van der Waals surface area contributed by atoms with E-state index < -0.39 is 0 Å². The third-order valence-corrected chi connectivity index (χ3v) is 4.53. The molecule has 1 aliphatic carbocycles. The van der Waals surface area contributed by atoms with Crippen LogP contribution in [0.15, 0.2) is 0 Å². The maximum atomic E-state index is 6.20. The minimum Gasteiger partial charge on any atom is -0.367 e. The van der Waals surface area contributed by atoms with Gasteiger partial charge in [-0.25, -0.2) is 0 Å². The van der Waals surface area contributed by atoms with Gasteiger partial charge in [0.25, 0.3) is 0 Å². The monoisotopic (exact) mass is 282 g/mol. The van der Waals surface area contributed by atoms with Crippen molar-refractivity contribution >= 4 is 0 Å². The molecule has 1 N–H and O–H groups in total. The lowest BCUT2D eigenvalue weighted by atomic mass is 9.77. The maximum Gasteiger partial charge on any atom is 0.0760 e. The molecule has 3 nitrogen and oxygen atoms in total. The second-order valence-corrected chi connectivity index (χ2v) is 8.48. The molecule has 2 fully saturated rings. The standard InChI is InChI=1S/C17H34N2O/c1-13(2)9-18-10-14-7-8-15(14)19-11-16(3,4)20-17(5,6)12-19/h13-15,18H,7-12H2,1-6H3. The summed E-state index contributed by atoms with van der Waals surface area (Å²) < 4.78 is 6.20. The van der Waals surface area contributed by atoms with E-state index in [0.717, 1.165) is 37.5 Å². The summed E-state index contributed by atoms with van der Waals surface area (Å²) in [7, 11) is 0. The first kappa shape index (κ1) is 16.3. The van der Waals surface area contributed by atoms with Crippen LogP contribution in [0.1, 0.15) is 54.4 Å². The zero-order chi connectivity index (χ0) is 15.0. The van der Waals surface area contributed by atoms with Crippen LogP contribution in [0.25, 0.3) is 0 Å². The van der Waals surface area contributed by atoms with Crippen LogP contribution in [0.5, 0.6) is 0 Å². The van der Waals surface area contributed by atoms with Gasteiger partial charge in [-0.2, -0.15) is 0 Å². The molecule has 0 spiro atoms. The number of ether oxygens (including phenoxy) is 1. The molecule has 1 aliphatic heterocycles. The Labute approximate surface area is 125 Å². The maximum absolute atomic E-state index is 6.20. The fraction of sp³-hybridized carbons (Fsp3) is 1.00. The minimum atomic E-state index is -0.0206. The van der Waals surface area contributed by atoms with E-state index in [0.29, 0.717) is 0 Å². The van der Waals surface area contributed by atoms with Gasteiger partial charge >= 0.3 is 0 Å². The quantitative estimate of drug-likeness (QED) is 0.839. The largest absolute Gasteiger partial charge is 0.367 e. The average molecular weight is 282 g/mol. The molecule has 0 radical (unpaired) electrons. The average Bonchev–Trinajstić information content (AvgIpc) is 2.17. The summed E-state index contributed by atoms with van der Waals surface area (Å²) >= 11 is 0. The molecule has 0 aromatic carbocycles. The highest BCUT2D eigenvalue weighted by molar-refractivity contribution is 4.97. The van der Waals surface area contributed by atoms with Gasteiger partial charge in [0.2, 0.25) is 0 Å². The molecule has 3 heteroatoms. The lowest BCUT2D eigenvalue weighted by Crippen LogP contribution is -2.63. The fourth-order valence-electron chi connectivity index (χ4n) is 3.91. The second-order valence-electron chi connectivity index (χ2n) is 8.48. The van der Waals surface area contributed by atoms with Crippen LogP contribution in [0.3, 0.4) is 0 Å². The van der Waals surface area contributed by atoms with E-state index in [9.17, 15) is 0 Å². The fourth-order valence-corrected chi connectivity index (χ4v) is 3.91. The van der Waals surface area contributed by atoms with Crippen molar-refractivity contribution in [1.82, 2.24) is 10.2 Å². The van der Waals surface area contributed by atoms with Crippen LogP contribution in [-0.2, 0) is 4.74 Å². The molecule has 0 aromatic heterocycles. The SMILES string of the molecule is CC(C)CNCC1CCC1N1CC(C)(C)OC(C)(C)C1. The van der Waals surface area contributed by atoms with Crippen molar-refractivity contribution < 1.29 is 4.74 Å². The number of rotatable bonds is 5. The Hall–Kier alpha value is -0.120. The van der Waals surface area contributed by atoms with Gasteiger partial charge < -0.3 is 10.1 Å².